The third kappa shape index (κ3) is 2.33. The number of aliphatic hydroxyl groups is 1. The average Bonchev–Trinajstić information content (AvgIpc) is 2.46. The van der Waals surface area contributed by atoms with E-state index in [0.29, 0.717) is 11.9 Å². The Kier molecular flexibility index (Phi) is 3.21. The average molecular weight is 258 g/mol. The van der Waals surface area contributed by atoms with Crippen molar-refractivity contribution < 1.29 is 5.11 Å². The second-order valence-electron chi connectivity index (χ2n) is 5.06. The van der Waals surface area contributed by atoms with Gasteiger partial charge in [-0.05, 0) is 30.9 Å². The molecule has 1 fully saturated rings. The van der Waals surface area contributed by atoms with Gasteiger partial charge in [0.1, 0.15) is 5.82 Å². The van der Waals surface area contributed by atoms with Crippen LogP contribution in [0.1, 0.15) is 12.8 Å². The van der Waals surface area contributed by atoms with Gasteiger partial charge in [0.2, 0.25) is 5.95 Å². The van der Waals surface area contributed by atoms with Gasteiger partial charge in [-0.15, -0.1) is 0 Å². The third-order valence-electron chi connectivity index (χ3n) is 3.68. The fourth-order valence-corrected chi connectivity index (χ4v) is 2.72. The lowest BCUT2D eigenvalue weighted by atomic mass is 9.99. The lowest BCUT2D eigenvalue weighted by Crippen LogP contribution is -2.37. The number of anilines is 2. The Bertz CT molecular complexity index is 587. The van der Waals surface area contributed by atoms with E-state index in [2.05, 4.69) is 14.9 Å². The van der Waals surface area contributed by atoms with Gasteiger partial charge in [0.15, 0.2) is 0 Å². The Morgan fingerprint density at radius 1 is 1.32 bits per heavy atom. The molecular weight excluding hydrogens is 240 g/mol. The molecule has 2 aromatic rings. The first-order valence-electron chi connectivity index (χ1n) is 6.66. The smallest absolute Gasteiger partial charge is 0.222 e. The number of rotatable bonds is 2. The fraction of sp³-hybridized carbons (Fsp3) is 0.429. The van der Waals surface area contributed by atoms with Gasteiger partial charge < -0.3 is 15.7 Å². The van der Waals surface area contributed by atoms with E-state index in [1.54, 1.807) is 0 Å². The minimum atomic E-state index is 0.231. The molecule has 100 valence electrons. The Hall–Kier alpha value is -1.88. The van der Waals surface area contributed by atoms with Crippen LogP contribution in [0.2, 0.25) is 0 Å². The van der Waals surface area contributed by atoms with E-state index < -0.39 is 0 Å². The van der Waals surface area contributed by atoms with Crippen molar-refractivity contribution in [2.24, 2.45) is 5.92 Å². The number of nitrogen functional groups attached to an aromatic ring is 1. The summed E-state index contributed by atoms with van der Waals surface area (Å²) in [5, 5.41) is 10.4. The SMILES string of the molecule is Nc1nc(N2CCCC(CO)C2)c2ccccc2n1. The molecule has 0 bridgehead atoms. The number of nitrogens with zero attached hydrogens (tertiary/aromatic N) is 3. The Morgan fingerprint density at radius 3 is 3.00 bits per heavy atom. The molecular formula is C14H18N4O. The molecule has 0 amide bonds. The predicted octanol–water partition coefficient (Wildman–Crippen LogP) is 1.42. The molecule has 1 atom stereocenters. The first kappa shape index (κ1) is 12.2. The molecule has 1 saturated heterocycles. The van der Waals surface area contributed by atoms with Crippen LogP contribution < -0.4 is 10.6 Å². The number of fused-ring (bicyclic) bond motifs is 1. The van der Waals surface area contributed by atoms with Gasteiger partial charge in [0.05, 0.1) is 5.52 Å². The van der Waals surface area contributed by atoms with Crippen molar-refractivity contribution in [1.82, 2.24) is 9.97 Å². The number of nitrogens with two attached hydrogens (primary N) is 1. The van der Waals surface area contributed by atoms with E-state index in [1.165, 1.54) is 0 Å². The summed E-state index contributed by atoms with van der Waals surface area (Å²) in [6.07, 6.45) is 2.15. The van der Waals surface area contributed by atoms with Gasteiger partial charge in [0, 0.05) is 25.1 Å². The highest BCUT2D eigenvalue weighted by Gasteiger charge is 2.22. The summed E-state index contributed by atoms with van der Waals surface area (Å²) < 4.78 is 0. The molecule has 0 spiro atoms. The summed E-state index contributed by atoms with van der Waals surface area (Å²) in [5.41, 5.74) is 6.67. The lowest BCUT2D eigenvalue weighted by Gasteiger charge is -2.33. The van der Waals surface area contributed by atoms with Crippen molar-refractivity contribution in [1.29, 1.82) is 0 Å². The molecule has 1 aliphatic rings. The highest BCUT2D eigenvalue weighted by Crippen LogP contribution is 2.28. The predicted molar refractivity (Wildman–Crippen MR) is 76.0 cm³/mol. The summed E-state index contributed by atoms with van der Waals surface area (Å²) in [5.74, 6) is 1.52. The van der Waals surface area contributed by atoms with Gasteiger partial charge >= 0.3 is 0 Å². The molecule has 1 aliphatic heterocycles. The Balaban J connectivity index is 2.03. The summed E-state index contributed by atoms with van der Waals surface area (Å²) >= 11 is 0. The van der Waals surface area contributed by atoms with E-state index >= 15 is 0 Å². The second-order valence-corrected chi connectivity index (χ2v) is 5.06. The largest absolute Gasteiger partial charge is 0.396 e. The van der Waals surface area contributed by atoms with Crippen LogP contribution >= 0.6 is 0 Å². The van der Waals surface area contributed by atoms with Crippen LogP contribution in [0.15, 0.2) is 24.3 Å². The number of benzene rings is 1. The highest BCUT2D eigenvalue weighted by molar-refractivity contribution is 5.90. The molecule has 19 heavy (non-hydrogen) atoms. The molecule has 5 heteroatoms. The maximum Gasteiger partial charge on any atom is 0.222 e. The lowest BCUT2D eigenvalue weighted by molar-refractivity contribution is 0.208. The van der Waals surface area contributed by atoms with Gasteiger partial charge in [-0.25, -0.2) is 4.98 Å². The van der Waals surface area contributed by atoms with E-state index in [0.717, 1.165) is 42.7 Å². The summed E-state index contributed by atoms with van der Waals surface area (Å²) in [7, 11) is 0. The van der Waals surface area contributed by atoms with Crippen molar-refractivity contribution in [2.75, 3.05) is 30.3 Å². The number of hydrogen-bond donors (Lipinski definition) is 2. The van der Waals surface area contributed by atoms with Crippen molar-refractivity contribution in [3.8, 4) is 0 Å². The maximum atomic E-state index is 9.34. The van der Waals surface area contributed by atoms with E-state index in [9.17, 15) is 5.11 Å². The molecule has 5 nitrogen and oxygen atoms in total. The van der Waals surface area contributed by atoms with Gasteiger partial charge in [-0.1, -0.05) is 12.1 Å². The second kappa shape index (κ2) is 5.01. The molecule has 3 N–H and O–H groups in total. The van der Waals surface area contributed by atoms with Crippen LogP contribution in [0.3, 0.4) is 0 Å². The van der Waals surface area contributed by atoms with Crippen LogP contribution in [0, 0.1) is 5.92 Å². The molecule has 2 heterocycles. The molecule has 3 rings (SSSR count). The van der Waals surface area contributed by atoms with Crippen LogP contribution in [0.5, 0.6) is 0 Å². The highest BCUT2D eigenvalue weighted by atomic mass is 16.3. The van der Waals surface area contributed by atoms with Crippen molar-refractivity contribution in [3.05, 3.63) is 24.3 Å². The zero-order valence-electron chi connectivity index (χ0n) is 10.8. The standard InChI is InChI=1S/C14H18N4O/c15-14-16-12-6-2-1-5-11(12)13(17-14)18-7-3-4-10(8-18)9-19/h1-2,5-6,10,19H,3-4,7-9H2,(H2,15,16,17). The van der Waals surface area contributed by atoms with Gasteiger partial charge in [0.25, 0.3) is 0 Å². The summed E-state index contributed by atoms with van der Waals surface area (Å²) in [6, 6.07) is 7.90. The first-order chi connectivity index (χ1) is 9.28. The normalized spacial score (nSPS) is 19.8. The topological polar surface area (TPSA) is 75.3 Å². The zero-order valence-corrected chi connectivity index (χ0v) is 10.8. The van der Waals surface area contributed by atoms with Crippen molar-refractivity contribution >= 4 is 22.7 Å². The number of aliphatic hydroxyl groups excluding tert-OH is 1. The van der Waals surface area contributed by atoms with E-state index in [4.69, 9.17) is 5.73 Å². The number of piperidine rings is 1. The first-order valence-corrected chi connectivity index (χ1v) is 6.66. The summed E-state index contributed by atoms with van der Waals surface area (Å²) in [6.45, 7) is 2.02. The molecule has 1 unspecified atom stereocenters. The van der Waals surface area contributed by atoms with Crippen molar-refractivity contribution in [2.45, 2.75) is 12.8 Å². The molecule has 1 aromatic heterocycles. The Labute approximate surface area is 112 Å². The molecule has 0 aliphatic carbocycles. The summed E-state index contributed by atoms with van der Waals surface area (Å²) in [4.78, 5) is 10.9. The van der Waals surface area contributed by atoms with Crippen LogP contribution in [-0.4, -0.2) is 34.8 Å². The van der Waals surface area contributed by atoms with Crippen LogP contribution in [0.4, 0.5) is 11.8 Å². The fourth-order valence-electron chi connectivity index (χ4n) is 2.72. The number of hydrogen-bond acceptors (Lipinski definition) is 5. The molecule has 0 radical (unpaired) electrons. The van der Waals surface area contributed by atoms with E-state index in [1.807, 2.05) is 24.3 Å². The van der Waals surface area contributed by atoms with Crippen molar-refractivity contribution in [3.63, 3.8) is 0 Å². The van der Waals surface area contributed by atoms with E-state index in [-0.39, 0.29) is 6.61 Å². The quantitative estimate of drug-likeness (QED) is 0.852. The van der Waals surface area contributed by atoms with Gasteiger partial charge in [-0.3, -0.25) is 0 Å². The number of aromatic nitrogens is 2. The molecule has 0 saturated carbocycles. The maximum absolute atomic E-state index is 9.34. The molecule has 1 aromatic carbocycles. The van der Waals surface area contributed by atoms with Crippen LogP contribution in [-0.2, 0) is 0 Å². The monoisotopic (exact) mass is 258 g/mol. The minimum Gasteiger partial charge on any atom is -0.396 e. The van der Waals surface area contributed by atoms with Gasteiger partial charge in [-0.2, -0.15) is 4.98 Å². The minimum absolute atomic E-state index is 0.231. The van der Waals surface area contributed by atoms with Crippen LogP contribution in [0.25, 0.3) is 10.9 Å². The number of para-hydroxylation sites is 1. The Morgan fingerprint density at radius 2 is 2.16 bits per heavy atom. The third-order valence-corrected chi connectivity index (χ3v) is 3.68. The zero-order chi connectivity index (χ0) is 13.2.